The number of imide groups is 1. The molecule has 0 saturated heterocycles. The Hall–Kier alpha value is -8.47. The lowest BCUT2D eigenvalue weighted by Gasteiger charge is -2.37. The molecule has 0 saturated carbocycles. The Labute approximate surface area is 445 Å². The Morgan fingerprint density at radius 3 is 2.28 bits per heavy atom. The fraction of sp³-hybridized carbons (Fsp3) is 0.357. The first-order chi connectivity index (χ1) is 37.5. The number of carbonyl (C=O) groups is 8. The third-order valence-electron chi connectivity index (χ3n) is 14.4. The first-order valence-electron chi connectivity index (χ1n) is 25.5. The number of aromatic nitrogens is 2. The van der Waals surface area contributed by atoms with E-state index in [4.69, 9.17) is 19.2 Å². The Kier molecular flexibility index (Phi) is 16.3. The molecule has 0 spiro atoms. The lowest BCUT2D eigenvalue weighted by molar-refractivity contribution is -0.157. The number of nitrogens with zero attached hydrogens (tertiary/aromatic N) is 3. The van der Waals surface area contributed by atoms with E-state index >= 15 is 4.39 Å². The van der Waals surface area contributed by atoms with E-state index < -0.39 is 83.4 Å². The number of cyclic esters (lactones) is 1. The van der Waals surface area contributed by atoms with E-state index in [1.54, 1.807) is 72.2 Å². The molecule has 0 bridgehead atoms. The smallest absolute Gasteiger partial charge is 0.340 e. The van der Waals surface area contributed by atoms with Gasteiger partial charge in [0.15, 0.2) is 6.10 Å². The summed E-state index contributed by atoms with van der Waals surface area (Å²) in [5, 5.41) is 24.1. The number of anilines is 1. The van der Waals surface area contributed by atoms with Crippen LogP contribution in [0.2, 0.25) is 0 Å². The molecule has 3 aromatic carbocycles. The van der Waals surface area contributed by atoms with Crippen molar-refractivity contribution < 1.29 is 62.1 Å². The van der Waals surface area contributed by atoms with Gasteiger partial charge in [0.25, 0.3) is 17.4 Å². The zero-order valence-corrected chi connectivity index (χ0v) is 42.8. The van der Waals surface area contributed by atoms with Gasteiger partial charge in [0, 0.05) is 53.0 Å². The van der Waals surface area contributed by atoms with E-state index in [1.807, 2.05) is 6.92 Å². The largest absolute Gasteiger partial charge is 0.458 e. The van der Waals surface area contributed by atoms with Gasteiger partial charge in [0.1, 0.15) is 25.2 Å². The average Bonchev–Trinajstić information content (AvgIpc) is 4.11. The number of hydrogen-bond donors (Lipinski definition) is 6. The van der Waals surface area contributed by atoms with Crippen molar-refractivity contribution in [3.63, 3.8) is 0 Å². The van der Waals surface area contributed by atoms with Gasteiger partial charge in [-0.25, -0.2) is 19.1 Å². The molecule has 1 aliphatic carbocycles. The van der Waals surface area contributed by atoms with Gasteiger partial charge in [-0.3, -0.25) is 38.4 Å². The predicted octanol–water partition coefficient (Wildman–Crippen LogP) is 1.80. The summed E-state index contributed by atoms with van der Waals surface area (Å²) in [4.78, 5) is 120. The number of benzene rings is 3. The highest BCUT2D eigenvalue weighted by Gasteiger charge is 2.42. The molecule has 6 N–H and O–H groups in total. The zero-order valence-electron chi connectivity index (χ0n) is 42.8. The zero-order chi connectivity index (χ0) is 55.3. The van der Waals surface area contributed by atoms with E-state index in [0.717, 1.165) is 38.1 Å². The summed E-state index contributed by atoms with van der Waals surface area (Å²) in [6.07, 6.45) is 3.11. The van der Waals surface area contributed by atoms with Gasteiger partial charge in [0.05, 0.1) is 74.2 Å². The molecule has 5 aromatic rings. The molecular weight excluding hydrogens is 1010 g/mol. The summed E-state index contributed by atoms with van der Waals surface area (Å²) in [5.74, 6) is -5.01. The highest BCUT2D eigenvalue weighted by atomic mass is 19.1. The Morgan fingerprint density at radius 1 is 0.833 bits per heavy atom. The molecule has 0 fully saturated rings. The molecule has 2 aromatic heterocycles. The molecule has 7 amide bonds. The summed E-state index contributed by atoms with van der Waals surface area (Å²) in [5.41, 5.74) is 5.68. The first kappa shape index (κ1) is 54.3. The second-order valence-corrected chi connectivity index (χ2v) is 19.7. The molecule has 2 unspecified atom stereocenters. The molecule has 3 atom stereocenters. The van der Waals surface area contributed by atoms with Crippen LogP contribution in [0.1, 0.15) is 76.8 Å². The number of fused-ring (bicyclic) bond motifs is 5. The van der Waals surface area contributed by atoms with Crippen molar-refractivity contribution in [3.05, 3.63) is 140 Å². The van der Waals surface area contributed by atoms with Crippen LogP contribution in [0.25, 0.3) is 22.3 Å². The van der Waals surface area contributed by atoms with Crippen molar-refractivity contribution in [1.29, 1.82) is 0 Å². The van der Waals surface area contributed by atoms with Crippen molar-refractivity contribution in [3.8, 4) is 11.4 Å². The minimum absolute atomic E-state index is 0.0736. The highest BCUT2D eigenvalue weighted by molar-refractivity contribution is 6.28. The molecule has 4 aliphatic rings. The molecule has 406 valence electrons. The van der Waals surface area contributed by atoms with Crippen molar-refractivity contribution in [2.75, 3.05) is 51.1 Å². The maximum atomic E-state index is 15.4. The minimum atomic E-state index is -1.62. The van der Waals surface area contributed by atoms with E-state index in [2.05, 4.69) is 26.6 Å². The second-order valence-electron chi connectivity index (χ2n) is 19.7. The van der Waals surface area contributed by atoms with Crippen molar-refractivity contribution in [1.82, 2.24) is 36.1 Å². The highest BCUT2D eigenvalue weighted by Crippen LogP contribution is 2.48. The number of amides is 7. The lowest BCUT2D eigenvalue weighted by atomic mass is 9.69. The third-order valence-corrected chi connectivity index (χ3v) is 14.4. The molecular formula is C56H57FN8O13. The fourth-order valence-electron chi connectivity index (χ4n) is 10.3. The van der Waals surface area contributed by atoms with Gasteiger partial charge in [-0.15, -0.1) is 0 Å². The van der Waals surface area contributed by atoms with Crippen LogP contribution >= 0.6 is 0 Å². The number of halogens is 1. The number of ether oxygens (including phenoxy) is 3. The summed E-state index contributed by atoms with van der Waals surface area (Å²) < 4.78 is 33.8. The first-order valence-corrected chi connectivity index (χ1v) is 25.5. The molecule has 0 radical (unpaired) electrons. The van der Waals surface area contributed by atoms with Gasteiger partial charge in [-0.05, 0) is 78.6 Å². The van der Waals surface area contributed by atoms with Crippen molar-refractivity contribution in [2.24, 2.45) is 0 Å². The monoisotopic (exact) mass is 1070 g/mol. The van der Waals surface area contributed by atoms with Crippen LogP contribution in [0.3, 0.4) is 0 Å². The standard InChI is InChI=1S/C56H57FN8O13/c1-31-35-17-18-56(2,50-37-27-64-42(51(37)63-40(49(35)50)23-39(31)57)22-36-38(54(64)74)28-78-55(75)52(36)72)29-76-19-20-77-30-61-45(68)25-60-53(73)41(21-33-7-4-3-5-8-33)62-46(69)26-59-44(67)24-58-43(66)10-6-9-32-11-13-34(14-12-32)65-47(70)15-16-48(65)71/h3-5,7-8,11-16,22-23,41,52,72H,6,9-10,17-21,24-30H2,1-2H3,(H,58,66)(H,59,67)(H,60,73)(H,61,68)(H,62,69)/t41?,52?,56-/m0/s1. The maximum Gasteiger partial charge on any atom is 0.340 e. The number of hydrogen-bond acceptors (Lipinski definition) is 14. The third kappa shape index (κ3) is 11.7. The molecule has 21 nitrogen and oxygen atoms in total. The normalized spacial score (nSPS) is 17.2. The molecule has 3 aliphatic heterocycles. The number of rotatable bonds is 22. The molecule has 78 heavy (non-hydrogen) atoms. The lowest BCUT2D eigenvalue weighted by Crippen LogP contribution is -2.52. The molecule has 5 heterocycles. The van der Waals surface area contributed by atoms with Crippen LogP contribution in [-0.2, 0) is 90.4 Å². The van der Waals surface area contributed by atoms with Crippen LogP contribution < -0.4 is 37.0 Å². The quantitative estimate of drug-likeness (QED) is 0.0245. The Morgan fingerprint density at radius 2 is 1.53 bits per heavy atom. The van der Waals surface area contributed by atoms with Crippen LogP contribution in [-0.4, -0.2) is 114 Å². The van der Waals surface area contributed by atoms with Crippen molar-refractivity contribution in [2.45, 2.75) is 83.1 Å². The number of aryl methyl sites for hydroxylation is 2. The minimum Gasteiger partial charge on any atom is -0.458 e. The number of carbonyl (C=O) groups excluding carboxylic acids is 8. The SMILES string of the molecule is Cc1c(F)cc2nc3c(c4c2c1CC[C@@]4(C)COCCOCNC(=O)CNC(=O)C(Cc1ccccc1)NC(=O)CNC(=O)CNC(=O)CCCc1ccc(N2C(=O)C=CC2=O)cc1)Cn1c-3cc2c(c1=O)COC(=O)C2O. The average molecular weight is 1070 g/mol. The summed E-state index contributed by atoms with van der Waals surface area (Å²) >= 11 is 0. The topological polar surface area (TPSA) is 283 Å². The number of pyridine rings is 2. The van der Waals surface area contributed by atoms with Gasteiger partial charge < -0.3 is 50.5 Å². The van der Waals surface area contributed by atoms with E-state index in [1.165, 1.54) is 18.2 Å². The number of aliphatic hydroxyl groups is 1. The Bertz CT molecular complexity index is 3330. The molecule has 22 heteroatoms. The van der Waals surface area contributed by atoms with Gasteiger partial charge in [-0.1, -0.05) is 49.4 Å². The maximum absolute atomic E-state index is 15.4. The number of nitrogens with one attached hydrogen (secondary N) is 5. The van der Waals surface area contributed by atoms with Gasteiger partial charge in [-0.2, -0.15) is 0 Å². The van der Waals surface area contributed by atoms with Crippen LogP contribution in [0, 0.1) is 12.7 Å². The summed E-state index contributed by atoms with van der Waals surface area (Å²) in [7, 11) is 0. The van der Waals surface area contributed by atoms with Crippen LogP contribution in [0.15, 0.2) is 83.7 Å². The van der Waals surface area contributed by atoms with Crippen molar-refractivity contribution >= 4 is 63.9 Å². The second kappa shape index (κ2) is 23.4. The molecule has 9 rings (SSSR count). The fourth-order valence-corrected chi connectivity index (χ4v) is 10.3. The number of esters is 1. The Balaban J connectivity index is 0.706. The van der Waals surface area contributed by atoms with Gasteiger partial charge in [0.2, 0.25) is 29.5 Å². The van der Waals surface area contributed by atoms with Crippen LogP contribution in [0.4, 0.5) is 10.1 Å². The van der Waals surface area contributed by atoms with E-state index in [0.29, 0.717) is 53.8 Å². The summed E-state index contributed by atoms with van der Waals surface area (Å²) in [6, 6.07) is 17.6. The van der Waals surface area contributed by atoms with Crippen LogP contribution in [0.5, 0.6) is 0 Å². The summed E-state index contributed by atoms with van der Waals surface area (Å²) in [6.45, 7) is 2.59. The van der Waals surface area contributed by atoms with Gasteiger partial charge >= 0.3 is 5.97 Å². The van der Waals surface area contributed by atoms with E-state index in [9.17, 15) is 48.3 Å². The predicted molar refractivity (Wildman–Crippen MR) is 278 cm³/mol. The van der Waals surface area contributed by atoms with E-state index in [-0.39, 0.29) is 76.1 Å². The number of aliphatic hydroxyl groups excluding tert-OH is 1.